The Labute approximate surface area is 163 Å². The van der Waals surface area contributed by atoms with Crippen molar-refractivity contribution in [3.05, 3.63) is 59.1 Å². The Morgan fingerprint density at radius 1 is 1.19 bits per heavy atom. The van der Waals surface area contributed by atoms with Crippen molar-refractivity contribution in [1.29, 1.82) is 0 Å². The van der Waals surface area contributed by atoms with Crippen molar-refractivity contribution in [2.75, 3.05) is 18.2 Å². The second-order valence-corrected chi connectivity index (χ2v) is 6.58. The zero-order valence-electron chi connectivity index (χ0n) is 14.1. The molecular weight excluding hydrogens is 390 g/mol. The van der Waals surface area contributed by atoms with E-state index in [-0.39, 0.29) is 11.7 Å². The molecule has 3 aromatic rings. The lowest BCUT2D eigenvalue weighted by atomic mass is 10.2. The molecule has 1 heterocycles. The molecule has 0 aliphatic rings. The molecule has 0 atom stereocenters. The molecule has 0 spiro atoms. The van der Waals surface area contributed by atoms with Crippen LogP contribution in [0.5, 0.6) is 0 Å². The van der Waals surface area contributed by atoms with Crippen molar-refractivity contribution < 1.29 is 14.3 Å². The highest BCUT2D eigenvalue weighted by Crippen LogP contribution is 2.24. The molecule has 0 unspecified atom stereocenters. The summed E-state index contributed by atoms with van der Waals surface area (Å²) < 4.78 is 6.11. The lowest BCUT2D eigenvalue weighted by Gasteiger charge is -2.07. The van der Waals surface area contributed by atoms with Gasteiger partial charge in [-0.15, -0.1) is 5.10 Å². The first-order valence-electron chi connectivity index (χ1n) is 7.73. The normalized spacial score (nSPS) is 10.4. The van der Waals surface area contributed by atoms with E-state index in [1.54, 1.807) is 36.4 Å². The number of hydrogen-bond acceptors (Lipinski definition) is 7. The molecule has 0 aliphatic heterocycles. The van der Waals surface area contributed by atoms with Gasteiger partial charge in [-0.1, -0.05) is 35.5 Å². The maximum atomic E-state index is 12.2. The van der Waals surface area contributed by atoms with Gasteiger partial charge in [-0.25, -0.2) is 4.79 Å². The third-order valence-electron chi connectivity index (χ3n) is 3.44. The van der Waals surface area contributed by atoms with Crippen LogP contribution in [0, 0.1) is 0 Å². The smallest absolute Gasteiger partial charge is 0.337 e. The van der Waals surface area contributed by atoms with E-state index in [4.69, 9.17) is 11.6 Å². The molecule has 1 amide bonds. The van der Waals surface area contributed by atoms with Gasteiger partial charge in [0.05, 0.1) is 29.1 Å². The van der Waals surface area contributed by atoms with Crippen LogP contribution < -0.4 is 5.32 Å². The number of tetrazole rings is 1. The minimum absolute atomic E-state index is 0.101. The summed E-state index contributed by atoms with van der Waals surface area (Å²) >= 11 is 7.34. The minimum Gasteiger partial charge on any atom is -0.465 e. The van der Waals surface area contributed by atoms with Gasteiger partial charge in [0.1, 0.15) is 0 Å². The highest BCUT2D eigenvalue weighted by Gasteiger charge is 2.14. The van der Waals surface area contributed by atoms with Crippen molar-refractivity contribution in [2.45, 2.75) is 5.16 Å². The fourth-order valence-electron chi connectivity index (χ4n) is 2.18. The monoisotopic (exact) mass is 403 g/mol. The van der Waals surface area contributed by atoms with Crippen molar-refractivity contribution in [1.82, 2.24) is 20.2 Å². The highest BCUT2D eigenvalue weighted by atomic mass is 35.5. The Kier molecular flexibility index (Phi) is 6.05. The van der Waals surface area contributed by atoms with E-state index >= 15 is 0 Å². The number of carbonyl (C=O) groups is 2. The van der Waals surface area contributed by atoms with Gasteiger partial charge in [-0.2, -0.15) is 4.68 Å². The lowest BCUT2D eigenvalue weighted by Crippen LogP contribution is -2.14. The zero-order valence-corrected chi connectivity index (χ0v) is 15.7. The SMILES string of the molecule is COC(=O)c1ccc(NC(=O)CSc2nnnn2-c2ccccc2Cl)cc1. The van der Waals surface area contributed by atoms with Crippen LogP contribution in [0.25, 0.3) is 5.69 Å². The summed E-state index contributed by atoms with van der Waals surface area (Å²) in [4.78, 5) is 23.6. The number of anilines is 1. The molecule has 8 nitrogen and oxygen atoms in total. The summed E-state index contributed by atoms with van der Waals surface area (Å²) in [6, 6.07) is 13.6. The molecule has 138 valence electrons. The van der Waals surface area contributed by atoms with Crippen molar-refractivity contribution in [3.63, 3.8) is 0 Å². The molecule has 0 saturated heterocycles. The predicted octanol–water partition coefficient (Wildman–Crippen LogP) is 2.83. The maximum absolute atomic E-state index is 12.2. The Hall–Kier alpha value is -2.91. The number of hydrogen-bond donors (Lipinski definition) is 1. The molecule has 2 aromatic carbocycles. The standard InChI is InChI=1S/C17H14ClN5O3S/c1-26-16(25)11-6-8-12(9-7-11)19-15(24)10-27-17-20-21-22-23(17)14-5-3-2-4-13(14)18/h2-9H,10H2,1H3,(H,19,24). The third-order valence-corrected chi connectivity index (χ3v) is 4.68. The number of rotatable bonds is 6. The molecule has 0 saturated carbocycles. The second-order valence-electron chi connectivity index (χ2n) is 5.23. The Morgan fingerprint density at radius 3 is 2.63 bits per heavy atom. The first-order valence-corrected chi connectivity index (χ1v) is 9.09. The fraction of sp³-hybridized carbons (Fsp3) is 0.118. The second kappa shape index (κ2) is 8.65. The summed E-state index contributed by atoms with van der Waals surface area (Å²) in [5, 5.41) is 15.2. The molecular formula is C17H14ClN5O3S. The van der Waals surface area contributed by atoms with E-state index in [0.29, 0.717) is 27.1 Å². The van der Waals surface area contributed by atoms with Crippen LogP contribution in [0.1, 0.15) is 10.4 Å². The number of carbonyl (C=O) groups excluding carboxylic acids is 2. The van der Waals surface area contributed by atoms with Crippen LogP contribution in [-0.2, 0) is 9.53 Å². The number of thioether (sulfide) groups is 1. The van der Waals surface area contributed by atoms with Gasteiger partial charge >= 0.3 is 5.97 Å². The van der Waals surface area contributed by atoms with E-state index in [9.17, 15) is 9.59 Å². The zero-order chi connectivity index (χ0) is 19.2. The summed E-state index contributed by atoms with van der Waals surface area (Å²) in [7, 11) is 1.31. The van der Waals surface area contributed by atoms with Gasteiger partial charge < -0.3 is 10.1 Å². The molecule has 1 aromatic heterocycles. The quantitative estimate of drug-likeness (QED) is 0.499. The number of aromatic nitrogens is 4. The van der Waals surface area contributed by atoms with E-state index in [0.717, 1.165) is 0 Å². The average Bonchev–Trinajstić information content (AvgIpc) is 3.15. The van der Waals surface area contributed by atoms with Gasteiger partial charge in [0.2, 0.25) is 11.1 Å². The van der Waals surface area contributed by atoms with Gasteiger partial charge in [0.25, 0.3) is 0 Å². The number of amides is 1. The third kappa shape index (κ3) is 4.63. The summed E-state index contributed by atoms with van der Waals surface area (Å²) in [6.45, 7) is 0. The fourth-order valence-corrected chi connectivity index (χ4v) is 3.08. The van der Waals surface area contributed by atoms with Crippen LogP contribution in [0.15, 0.2) is 53.7 Å². The summed E-state index contributed by atoms with van der Waals surface area (Å²) in [5.41, 5.74) is 1.60. The topological polar surface area (TPSA) is 99.0 Å². The number of benzene rings is 2. The summed E-state index contributed by atoms with van der Waals surface area (Å²) in [5.74, 6) is -0.571. The predicted molar refractivity (Wildman–Crippen MR) is 101 cm³/mol. The molecule has 27 heavy (non-hydrogen) atoms. The maximum Gasteiger partial charge on any atom is 0.337 e. The molecule has 0 radical (unpaired) electrons. The van der Waals surface area contributed by atoms with Crippen LogP contribution in [0.2, 0.25) is 5.02 Å². The Morgan fingerprint density at radius 2 is 1.93 bits per heavy atom. The number of ether oxygens (including phenoxy) is 1. The Balaban J connectivity index is 1.61. The first kappa shape index (κ1) is 18.9. The number of methoxy groups -OCH3 is 1. The van der Waals surface area contributed by atoms with E-state index in [2.05, 4.69) is 25.6 Å². The molecule has 0 bridgehead atoms. The largest absolute Gasteiger partial charge is 0.465 e. The van der Waals surface area contributed by atoms with Crippen LogP contribution >= 0.6 is 23.4 Å². The van der Waals surface area contributed by atoms with Gasteiger partial charge in [-0.3, -0.25) is 4.79 Å². The van der Waals surface area contributed by atoms with E-state index < -0.39 is 5.97 Å². The van der Waals surface area contributed by atoms with Crippen LogP contribution in [0.3, 0.4) is 0 Å². The molecule has 0 fully saturated rings. The summed E-state index contributed by atoms with van der Waals surface area (Å²) in [6.07, 6.45) is 0. The molecule has 10 heteroatoms. The highest BCUT2D eigenvalue weighted by molar-refractivity contribution is 7.99. The van der Waals surface area contributed by atoms with Gasteiger partial charge in [-0.05, 0) is 46.8 Å². The number of para-hydroxylation sites is 1. The number of nitrogens with zero attached hydrogens (tertiary/aromatic N) is 4. The van der Waals surface area contributed by atoms with Crippen molar-refractivity contribution in [3.8, 4) is 5.69 Å². The number of halogens is 1. The minimum atomic E-state index is -0.435. The molecule has 1 N–H and O–H groups in total. The van der Waals surface area contributed by atoms with Crippen molar-refractivity contribution >= 4 is 40.9 Å². The van der Waals surface area contributed by atoms with Crippen LogP contribution in [-0.4, -0.2) is 44.9 Å². The molecule has 0 aliphatic carbocycles. The first-order chi connectivity index (χ1) is 13.1. The number of esters is 1. The van der Waals surface area contributed by atoms with Gasteiger partial charge in [0, 0.05) is 5.69 Å². The Bertz CT molecular complexity index is 961. The lowest BCUT2D eigenvalue weighted by molar-refractivity contribution is -0.113. The van der Waals surface area contributed by atoms with Crippen molar-refractivity contribution in [2.24, 2.45) is 0 Å². The molecule has 3 rings (SSSR count). The van der Waals surface area contributed by atoms with Crippen LogP contribution in [0.4, 0.5) is 5.69 Å². The van der Waals surface area contributed by atoms with Gasteiger partial charge in [0.15, 0.2) is 0 Å². The van der Waals surface area contributed by atoms with E-state index in [1.165, 1.54) is 23.6 Å². The average molecular weight is 404 g/mol. The van der Waals surface area contributed by atoms with E-state index in [1.807, 2.05) is 12.1 Å². The number of nitrogens with one attached hydrogen (secondary N) is 1.